The Balaban J connectivity index is 2.03. The molecule has 1 N–H and O–H groups in total. The van der Waals surface area contributed by atoms with Crippen molar-refractivity contribution in [2.75, 3.05) is 7.11 Å². The molecule has 0 bridgehead atoms. The molecule has 0 aliphatic heterocycles. The molecule has 0 amide bonds. The minimum Gasteiger partial charge on any atom is -0.466 e. The predicted octanol–water partition coefficient (Wildman–Crippen LogP) is 2.60. The van der Waals surface area contributed by atoms with Gasteiger partial charge in [-0.3, -0.25) is 0 Å². The first-order valence-corrected chi connectivity index (χ1v) is 8.01. The van der Waals surface area contributed by atoms with Crippen molar-refractivity contribution in [3.05, 3.63) is 83.9 Å². The second-order valence-corrected chi connectivity index (χ2v) is 5.22. The topological polar surface area (TPSA) is 77.0 Å². The fourth-order valence-corrected chi connectivity index (χ4v) is 1.98. The molecule has 0 aromatic heterocycles. The number of aliphatic imine (C=N–C) groups is 1. The van der Waals surface area contributed by atoms with E-state index in [9.17, 15) is 9.59 Å². The minimum absolute atomic E-state index is 0.0808. The number of esters is 2. The van der Waals surface area contributed by atoms with Gasteiger partial charge < -0.3 is 14.8 Å². The maximum Gasteiger partial charge on any atom is 0.338 e. The van der Waals surface area contributed by atoms with Crippen molar-refractivity contribution in [3.63, 3.8) is 0 Å². The fourth-order valence-electron chi connectivity index (χ4n) is 1.98. The molecule has 0 radical (unpaired) electrons. The number of amidine groups is 1. The van der Waals surface area contributed by atoms with Crippen LogP contribution in [0, 0.1) is 0 Å². The molecule has 26 heavy (non-hydrogen) atoms. The van der Waals surface area contributed by atoms with Crippen LogP contribution >= 0.6 is 0 Å². The molecule has 0 fully saturated rings. The first kappa shape index (κ1) is 18.9. The van der Waals surface area contributed by atoms with Gasteiger partial charge >= 0.3 is 11.9 Å². The van der Waals surface area contributed by atoms with Crippen LogP contribution in [-0.2, 0) is 32.2 Å². The van der Waals surface area contributed by atoms with Gasteiger partial charge in [0.2, 0.25) is 0 Å². The molecule has 0 atom stereocenters. The van der Waals surface area contributed by atoms with Crippen LogP contribution in [0.15, 0.2) is 77.8 Å². The van der Waals surface area contributed by atoms with E-state index < -0.39 is 11.9 Å². The quantitative estimate of drug-likeness (QED) is 0.374. The van der Waals surface area contributed by atoms with Crippen LogP contribution in [-0.4, -0.2) is 25.1 Å². The molecular weight excluding hydrogens is 332 g/mol. The van der Waals surface area contributed by atoms with E-state index >= 15 is 0 Å². The second kappa shape index (κ2) is 10.5. The van der Waals surface area contributed by atoms with Gasteiger partial charge in [-0.05, 0) is 11.1 Å². The maximum atomic E-state index is 11.9. The van der Waals surface area contributed by atoms with Crippen LogP contribution in [0.3, 0.4) is 0 Å². The standard InChI is InChI=1S/C20H20N2O4/c1-25-18(23)12-13-19(24)26-20(21-14-16-8-4-2-5-9-16)22-15-17-10-6-3-7-11-17/h2-13H,14-15H2,1H3,(H,21,22)/b13-12-. The third-order valence-corrected chi connectivity index (χ3v) is 3.29. The number of rotatable bonds is 6. The van der Waals surface area contributed by atoms with Gasteiger partial charge in [0.25, 0.3) is 6.02 Å². The number of hydrogen-bond donors (Lipinski definition) is 1. The molecule has 6 heteroatoms. The number of nitrogens with one attached hydrogen (secondary N) is 1. The number of nitrogens with zero attached hydrogens (tertiary/aromatic N) is 1. The number of carbonyl (C=O) groups excluding carboxylic acids is 2. The van der Waals surface area contributed by atoms with Gasteiger partial charge in [-0.1, -0.05) is 60.7 Å². The summed E-state index contributed by atoms with van der Waals surface area (Å²) in [6.45, 7) is 0.800. The highest BCUT2D eigenvalue weighted by atomic mass is 16.6. The highest BCUT2D eigenvalue weighted by Crippen LogP contribution is 2.02. The van der Waals surface area contributed by atoms with E-state index in [2.05, 4.69) is 15.0 Å². The summed E-state index contributed by atoms with van der Waals surface area (Å²) in [5, 5.41) is 3.00. The summed E-state index contributed by atoms with van der Waals surface area (Å²) in [5.74, 6) is -1.36. The average Bonchev–Trinajstić information content (AvgIpc) is 2.69. The third-order valence-electron chi connectivity index (χ3n) is 3.29. The first-order chi connectivity index (χ1) is 12.7. The van der Waals surface area contributed by atoms with E-state index in [1.54, 1.807) is 0 Å². The number of benzene rings is 2. The van der Waals surface area contributed by atoms with Gasteiger partial charge in [-0.15, -0.1) is 0 Å². The Hall–Kier alpha value is -3.41. The highest BCUT2D eigenvalue weighted by Gasteiger charge is 2.07. The van der Waals surface area contributed by atoms with Gasteiger partial charge in [0.15, 0.2) is 0 Å². The zero-order valence-corrected chi connectivity index (χ0v) is 14.4. The Morgan fingerprint density at radius 1 is 0.923 bits per heavy atom. The minimum atomic E-state index is -0.720. The Kier molecular flexibility index (Phi) is 7.61. The maximum absolute atomic E-state index is 11.9. The molecule has 0 saturated heterocycles. The summed E-state index contributed by atoms with van der Waals surface area (Å²) in [7, 11) is 1.23. The SMILES string of the molecule is COC(=O)/C=C\C(=O)OC(=NCc1ccccc1)NCc1ccccc1. The zero-order valence-electron chi connectivity index (χ0n) is 14.4. The van der Waals surface area contributed by atoms with Crippen molar-refractivity contribution in [1.29, 1.82) is 0 Å². The molecule has 0 saturated carbocycles. The third kappa shape index (κ3) is 7.00. The lowest BCUT2D eigenvalue weighted by atomic mass is 10.2. The van der Waals surface area contributed by atoms with Crippen molar-refractivity contribution in [2.45, 2.75) is 13.1 Å². The molecule has 0 spiro atoms. The number of ether oxygens (including phenoxy) is 2. The lowest BCUT2D eigenvalue weighted by molar-refractivity contribution is -0.136. The summed E-state index contributed by atoms with van der Waals surface area (Å²) in [6, 6.07) is 19.3. The van der Waals surface area contributed by atoms with Crippen LogP contribution in [0.5, 0.6) is 0 Å². The first-order valence-electron chi connectivity index (χ1n) is 8.01. The van der Waals surface area contributed by atoms with Crippen LogP contribution < -0.4 is 5.32 Å². The van der Waals surface area contributed by atoms with Gasteiger partial charge in [0, 0.05) is 18.7 Å². The van der Waals surface area contributed by atoms with Gasteiger partial charge in [-0.25, -0.2) is 14.6 Å². The van der Waals surface area contributed by atoms with E-state index in [1.807, 2.05) is 60.7 Å². The van der Waals surface area contributed by atoms with Crippen molar-refractivity contribution >= 4 is 18.0 Å². The lowest BCUT2D eigenvalue weighted by Gasteiger charge is -2.09. The average molecular weight is 352 g/mol. The molecule has 0 unspecified atom stereocenters. The van der Waals surface area contributed by atoms with E-state index in [4.69, 9.17) is 4.74 Å². The summed E-state index contributed by atoms with van der Waals surface area (Å²) < 4.78 is 9.63. The summed E-state index contributed by atoms with van der Waals surface area (Å²) in [6.07, 6.45) is 1.99. The summed E-state index contributed by atoms with van der Waals surface area (Å²) in [4.78, 5) is 27.2. The van der Waals surface area contributed by atoms with Crippen LogP contribution in [0.4, 0.5) is 0 Å². The molecule has 2 rings (SSSR count). The Morgan fingerprint density at radius 2 is 1.50 bits per heavy atom. The van der Waals surface area contributed by atoms with Crippen molar-refractivity contribution in [2.24, 2.45) is 4.99 Å². The van der Waals surface area contributed by atoms with Crippen LogP contribution in [0.25, 0.3) is 0 Å². The Bertz CT molecular complexity index is 771. The second-order valence-electron chi connectivity index (χ2n) is 5.22. The number of carbonyl (C=O) groups is 2. The van der Waals surface area contributed by atoms with Crippen molar-refractivity contribution in [3.8, 4) is 0 Å². The molecule has 0 aliphatic carbocycles. The molecule has 0 aliphatic rings. The smallest absolute Gasteiger partial charge is 0.338 e. The number of hydrogen-bond acceptors (Lipinski definition) is 5. The molecule has 2 aromatic carbocycles. The molecule has 0 heterocycles. The fraction of sp³-hybridized carbons (Fsp3) is 0.150. The van der Waals surface area contributed by atoms with Gasteiger partial charge in [0.05, 0.1) is 13.7 Å². The molecule has 134 valence electrons. The van der Waals surface area contributed by atoms with E-state index in [0.29, 0.717) is 13.1 Å². The Morgan fingerprint density at radius 3 is 2.12 bits per heavy atom. The van der Waals surface area contributed by atoms with Gasteiger partial charge in [-0.2, -0.15) is 0 Å². The normalized spacial score (nSPS) is 11.2. The van der Waals surface area contributed by atoms with Crippen LogP contribution in [0.1, 0.15) is 11.1 Å². The summed E-state index contributed by atoms with van der Waals surface area (Å²) >= 11 is 0. The predicted molar refractivity (Wildman–Crippen MR) is 98.1 cm³/mol. The van der Waals surface area contributed by atoms with E-state index in [0.717, 1.165) is 23.3 Å². The molecular formula is C20H20N2O4. The van der Waals surface area contributed by atoms with E-state index in [-0.39, 0.29) is 6.02 Å². The van der Waals surface area contributed by atoms with Crippen molar-refractivity contribution < 1.29 is 19.1 Å². The largest absolute Gasteiger partial charge is 0.466 e. The molecule has 6 nitrogen and oxygen atoms in total. The molecule has 2 aromatic rings. The van der Waals surface area contributed by atoms with Crippen LogP contribution in [0.2, 0.25) is 0 Å². The monoisotopic (exact) mass is 352 g/mol. The van der Waals surface area contributed by atoms with Gasteiger partial charge in [0.1, 0.15) is 0 Å². The lowest BCUT2D eigenvalue weighted by Crippen LogP contribution is -2.28. The van der Waals surface area contributed by atoms with E-state index in [1.165, 1.54) is 7.11 Å². The highest BCUT2D eigenvalue weighted by molar-refractivity contribution is 5.97. The number of methoxy groups -OCH3 is 1. The van der Waals surface area contributed by atoms with Crippen molar-refractivity contribution in [1.82, 2.24) is 5.32 Å². The zero-order chi connectivity index (χ0) is 18.6. The summed E-state index contributed by atoms with van der Waals surface area (Å²) in [5.41, 5.74) is 1.99. The Labute approximate surface area is 152 Å².